The molecule has 34 heavy (non-hydrogen) atoms. The maximum atomic E-state index is 13.0. The number of hydrogen-bond acceptors (Lipinski definition) is 7. The summed E-state index contributed by atoms with van der Waals surface area (Å²) in [5.41, 5.74) is 3.02. The van der Waals surface area contributed by atoms with E-state index in [-0.39, 0.29) is 11.3 Å². The number of benzene rings is 1. The van der Waals surface area contributed by atoms with Gasteiger partial charge in [0, 0.05) is 19.4 Å². The van der Waals surface area contributed by atoms with Crippen LogP contribution in [0, 0.1) is 12.3 Å². The Morgan fingerprint density at radius 1 is 1.12 bits per heavy atom. The number of hydrogen-bond donors (Lipinski definition) is 2. The van der Waals surface area contributed by atoms with E-state index in [1.807, 2.05) is 37.4 Å². The van der Waals surface area contributed by atoms with E-state index in [9.17, 15) is 4.79 Å². The Labute approximate surface area is 200 Å². The highest BCUT2D eigenvalue weighted by atomic mass is 16.5. The van der Waals surface area contributed by atoms with Crippen LogP contribution >= 0.6 is 0 Å². The average Bonchev–Trinajstić information content (AvgIpc) is 2.84. The summed E-state index contributed by atoms with van der Waals surface area (Å²) in [7, 11) is 1.00. The Balaban J connectivity index is 0.00000158. The zero-order valence-electron chi connectivity index (χ0n) is 20.3. The van der Waals surface area contributed by atoms with Crippen molar-refractivity contribution in [3.05, 3.63) is 66.0 Å². The maximum absolute atomic E-state index is 13.0. The minimum absolute atomic E-state index is 0.0446. The number of rotatable bonds is 5. The number of carbonyl (C=O) groups excluding carboxylic acids is 1. The molecule has 1 aliphatic heterocycles. The maximum Gasteiger partial charge on any atom is 0.259 e. The van der Waals surface area contributed by atoms with E-state index in [0.29, 0.717) is 42.6 Å². The highest BCUT2D eigenvalue weighted by molar-refractivity contribution is 6.07. The van der Waals surface area contributed by atoms with E-state index >= 15 is 0 Å². The predicted octanol–water partition coefficient (Wildman–Crippen LogP) is 4.60. The lowest BCUT2D eigenvalue weighted by atomic mass is 9.99. The van der Waals surface area contributed by atoms with Crippen LogP contribution in [0.2, 0.25) is 0 Å². The molecule has 4 rings (SSSR count). The number of anilines is 3. The van der Waals surface area contributed by atoms with Gasteiger partial charge in [0.25, 0.3) is 5.91 Å². The standard InChI is InChI=1S/C25H28N4O3.CH4O/c1-17-8-10-21(26-14-17)29-12-13-31-23-19(6-5-7-20(23)29)24(30)28-18-9-11-22(27-15-18)32-16-25(2,3)4;1-2/h5-11,14-15H,12-13,16H2,1-4H3,(H,28,30);2H,1H3. The molecule has 0 saturated carbocycles. The first-order valence-electron chi connectivity index (χ1n) is 11.1. The molecule has 0 bridgehead atoms. The summed E-state index contributed by atoms with van der Waals surface area (Å²) in [5.74, 6) is 1.65. The zero-order valence-corrected chi connectivity index (χ0v) is 20.3. The van der Waals surface area contributed by atoms with E-state index in [0.717, 1.165) is 24.2 Å². The van der Waals surface area contributed by atoms with Crippen LogP contribution < -0.4 is 19.7 Å². The van der Waals surface area contributed by atoms with Crippen molar-refractivity contribution in [3.63, 3.8) is 0 Å². The van der Waals surface area contributed by atoms with Crippen LogP contribution in [0.25, 0.3) is 0 Å². The van der Waals surface area contributed by atoms with Gasteiger partial charge < -0.3 is 24.8 Å². The monoisotopic (exact) mass is 464 g/mol. The number of aromatic nitrogens is 2. The number of nitrogens with one attached hydrogen (secondary N) is 1. The van der Waals surface area contributed by atoms with Gasteiger partial charge in [0.2, 0.25) is 5.88 Å². The van der Waals surface area contributed by atoms with Crippen molar-refractivity contribution in [1.82, 2.24) is 9.97 Å². The fraction of sp³-hybridized carbons (Fsp3) is 0.346. The smallest absolute Gasteiger partial charge is 0.259 e. The van der Waals surface area contributed by atoms with Crippen molar-refractivity contribution >= 4 is 23.1 Å². The molecular formula is C26H32N4O4. The summed E-state index contributed by atoms with van der Waals surface area (Å²) < 4.78 is 11.6. The van der Waals surface area contributed by atoms with Crippen molar-refractivity contribution in [1.29, 1.82) is 0 Å². The van der Waals surface area contributed by atoms with Crippen LogP contribution in [0.5, 0.6) is 11.6 Å². The number of aliphatic hydroxyl groups excluding tert-OH is 1. The Kier molecular flexibility index (Phi) is 8.07. The van der Waals surface area contributed by atoms with Crippen LogP contribution in [0.15, 0.2) is 54.9 Å². The molecule has 0 aliphatic carbocycles. The lowest BCUT2D eigenvalue weighted by molar-refractivity contribution is 0.102. The molecule has 180 valence electrons. The summed E-state index contributed by atoms with van der Waals surface area (Å²) in [6, 6.07) is 13.1. The molecule has 1 aliphatic rings. The molecule has 1 aromatic carbocycles. The summed E-state index contributed by atoms with van der Waals surface area (Å²) in [6.45, 7) is 9.99. The number of amides is 1. The SMILES string of the molecule is CO.Cc1ccc(N2CCOc3c(C(=O)Nc4ccc(OCC(C)(C)C)nc4)cccc32)nc1. The molecule has 0 spiro atoms. The fourth-order valence-electron chi connectivity index (χ4n) is 3.31. The largest absolute Gasteiger partial charge is 0.489 e. The molecule has 0 radical (unpaired) electrons. The molecule has 2 aromatic heterocycles. The first-order chi connectivity index (χ1) is 16.3. The molecule has 3 heterocycles. The number of nitrogens with zero attached hydrogens (tertiary/aromatic N) is 3. The summed E-state index contributed by atoms with van der Waals surface area (Å²) >= 11 is 0. The van der Waals surface area contributed by atoms with Gasteiger partial charge in [0.1, 0.15) is 12.4 Å². The number of para-hydroxylation sites is 1. The molecule has 3 aromatic rings. The number of carbonyl (C=O) groups is 1. The van der Waals surface area contributed by atoms with Crippen LogP contribution in [0.4, 0.5) is 17.2 Å². The van der Waals surface area contributed by atoms with Gasteiger partial charge >= 0.3 is 0 Å². The van der Waals surface area contributed by atoms with E-state index < -0.39 is 0 Å². The van der Waals surface area contributed by atoms with Gasteiger partial charge in [0.15, 0.2) is 5.75 Å². The van der Waals surface area contributed by atoms with Crippen LogP contribution in [0.1, 0.15) is 36.7 Å². The third-order valence-corrected chi connectivity index (χ3v) is 4.91. The van der Waals surface area contributed by atoms with Gasteiger partial charge in [-0.05, 0) is 42.2 Å². The summed E-state index contributed by atoms with van der Waals surface area (Å²) in [6.07, 6.45) is 3.43. The number of pyridine rings is 2. The lowest BCUT2D eigenvalue weighted by Gasteiger charge is -2.31. The molecule has 0 unspecified atom stereocenters. The van der Waals surface area contributed by atoms with Crippen LogP contribution in [-0.2, 0) is 0 Å². The third-order valence-electron chi connectivity index (χ3n) is 4.91. The van der Waals surface area contributed by atoms with E-state index in [4.69, 9.17) is 14.6 Å². The van der Waals surface area contributed by atoms with E-state index in [1.165, 1.54) is 0 Å². The molecular weight excluding hydrogens is 432 g/mol. The van der Waals surface area contributed by atoms with Gasteiger partial charge in [-0.25, -0.2) is 9.97 Å². The van der Waals surface area contributed by atoms with Gasteiger partial charge in [-0.2, -0.15) is 0 Å². The number of fused-ring (bicyclic) bond motifs is 1. The fourth-order valence-corrected chi connectivity index (χ4v) is 3.31. The molecule has 0 atom stereocenters. The molecule has 0 fully saturated rings. The Bertz CT molecular complexity index is 1090. The summed E-state index contributed by atoms with van der Waals surface area (Å²) in [4.78, 5) is 23.9. The second-order valence-corrected chi connectivity index (χ2v) is 9.04. The second kappa shape index (κ2) is 11.0. The second-order valence-electron chi connectivity index (χ2n) is 9.04. The normalized spacial score (nSPS) is 12.6. The van der Waals surface area contributed by atoms with Gasteiger partial charge in [-0.15, -0.1) is 0 Å². The highest BCUT2D eigenvalue weighted by Crippen LogP contribution is 2.38. The van der Waals surface area contributed by atoms with Crippen LogP contribution in [0.3, 0.4) is 0 Å². The minimum atomic E-state index is -0.259. The van der Waals surface area contributed by atoms with Crippen molar-refractivity contribution in [2.24, 2.45) is 5.41 Å². The number of ether oxygens (including phenoxy) is 2. The summed E-state index contributed by atoms with van der Waals surface area (Å²) in [5, 5.41) is 9.90. The topological polar surface area (TPSA) is 96.8 Å². The zero-order chi connectivity index (χ0) is 24.7. The van der Waals surface area contributed by atoms with Crippen LogP contribution in [-0.4, -0.2) is 47.8 Å². The number of aliphatic hydroxyl groups is 1. The third kappa shape index (κ3) is 6.23. The first kappa shape index (κ1) is 25.0. The lowest BCUT2D eigenvalue weighted by Crippen LogP contribution is -2.30. The number of aryl methyl sites for hydroxylation is 1. The van der Waals surface area contributed by atoms with Crippen molar-refractivity contribution in [2.45, 2.75) is 27.7 Å². The van der Waals surface area contributed by atoms with E-state index in [1.54, 1.807) is 24.4 Å². The molecule has 0 saturated heterocycles. The van der Waals surface area contributed by atoms with Crippen molar-refractivity contribution in [3.8, 4) is 11.6 Å². The van der Waals surface area contributed by atoms with Gasteiger partial charge in [0.05, 0.1) is 36.3 Å². The first-order valence-corrected chi connectivity index (χ1v) is 11.1. The quantitative estimate of drug-likeness (QED) is 0.569. The predicted molar refractivity (Wildman–Crippen MR) is 133 cm³/mol. The van der Waals surface area contributed by atoms with Crippen molar-refractivity contribution in [2.75, 3.05) is 37.1 Å². The molecule has 1 amide bonds. The van der Waals surface area contributed by atoms with Gasteiger partial charge in [-0.1, -0.05) is 32.9 Å². The minimum Gasteiger partial charge on any atom is -0.489 e. The Hall–Kier alpha value is -3.65. The molecule has 2 N–H and O–H groups in total. The molecule has 8 heteroatoms. The van der Waals surface area contributed by atoms with Gasteiger partial charge in [-0.3, -0.25) is 4.79 Å². The Morgan fingerprint density at radius 2 is 1.91 bits per heavy atom. The highest BCUT2D eigenvalue weighted by Gasteiger charge is 2.25. The Morgan fingerprint density at radius 3 is 2.56 bits per heavy atom. The van der Waals surface area contributed by atoms with E-state index in [2.05, 4.69) is 41.0 Å². The van der Waals surface area contributed by atoms with Crippen molar-refractivity contribution < 1.29 is 19.4 Å². The molecule has 8 nitrogen and oxygen atoms in total. The average molecular weight is 465 g/mol.